The van der Waals surface area contributed by atoms with Crippen LogP contribution in [-0.2, 0) is 6.67 Å². The SMILES string of the molecule is Cc1c(C(C)O)c(C(C)O)cc2c1nnn2CN. The molecule has 0 bridgehead atoms. The average Bonchev–Trinajstić information content (AvgIpc) is 2.71. The zero-order valence-electron chi connectivity index (χ0n) is 10.8. The molecule has 0 amide bonds. The van der Waals surface area contributed by atoms with Crippen LogP contribution in [0, 0.1) is 6.92 Å². The molecule has 4 N–H and O–H groups in total. The topological polar surface area (TPSA) is 97.2 Å². The van der Waals surface area contributed by atoms with Crippen LogP contribution >= 0.6 is 0 Å². The number of hydrogen-bond donors (Lipinski definition) is 3. The smallest absolute Gasteiger partial charge is 0.116 e. The number of aromatic nitrogens is 3. The van der Waals surface area contributed by atoms with E-state index in [0.717, 1.165) is 11.1 Å². The first-order valence-corrected chi connectivity index (χ1v) is 5.90. The number of benzene rings is 1. The highest BCUT2D eigenvalue weighted by molar-refractivity contribution is 5.81. The van der Waals surface area contributed by atoms with Crippen LogP contribution in [0.5, 0.6) is 0 Å². The summed E-state index contributed by atoms with van der Waals surface area (Å²) in [4.78, 5) is 0. The minimum atomic E-state index is -0.668. The van der Waals surface area contributed by atoms with Gasteiger partial charge in [-0.2, -0.15) is 0 Å². The molecule has 6 nitrogen and oxygen atoms in total. The lowest BCUT2D eigenvalue weighted by Gasteiger charge is -2.17. The van der Waals surface area contributed by atoms with Crippen molar-refractivity contribution in [3.63, 3.8) is 0 Å². The maximum Gasteiger partial charge on any atom is 0.116 e. The summed E-state index contributed by atoms with van der Waals surface area (Å²) in [6.45, 7) is 5.44. The van der Waals surface area contributed by atoms with Crippen molar-refractivity contribution in [2.45, 2.75) is 39.6 Å². The van der Waals surface area contributed by atoms with E-state index in [4.69, 9.17) is 5.73 Å². The normalized spacial score (nSPS) is 15.0. The van der Waals surface area contributed by atoms with Crippen LogP contribution in [0.15, 0.2) is 6.07 Å². The van der Waals surface area contributed by atoms with Gasteiger partial charge in [0, 0.05) is 0 Å². The van der Waals surface area contributed by atoms with Crippen molar-refractivity contribution in [1.29, 1.82) is 0 Å². The molecule has 1 aromatic heterocycles. The Kier molecular flexibility index (Phi) is 3.34. The van der Waals surface area contributed by atoms with Gasteiger partial charge in [-0.15, -0.1) is 5.10 Å². The first-order chi connectivity index (χ1) is 8.47. The van der Waals surface area contributed by atoms with Crippen LogP contribution in [0.3, 0.4) is 0 Å². The van der Waals surface area contributed by atoms with Gasteiger partial charge in [-0.05, 0) is 43.5 Å². The third-order valence-electron chi connectivity index (χ3n) is 3.18. The van der Waals surface area contributed by atoms with Crippen LogP contribution in [0.25, 0.3) is 11.0 Å². The van der Waals surface area contributed by atoms with E-state index >= 15 is 0 Å². The molecule has 98 valence electrons. The van der Waals surface area contributed by atoms with Crippen molar-refractivity contribution in [3.8, 4) is 0 Å². The molecule has 0 aliphatic heterocycles. The van der Waals surface area contributed by atoms with Crippen LogP contribution in [-0.4, -0.2) is 25.2 Å². The van der Waals surface area contributed by atoms with Crippen LogP contribution in [0.2, 0.25) is 0 Å². The van der Waals surface area contributed by atoms with E-state index in [1.807, 2.05) is 6.92 Å². The average molecular weight is 250 g/mol. The number of nitrogens with two attached hydrogens (primary N) is 1. The summed E-state index contributed by atoms with van der Waals surface area (Å²) in [5.74, 6) is 0. The Morgan fingerprint density at radius 1 is 1.33 bits per heavy atom. The summed E-state index contributed by atoms with van der Waals surface area (Å²) < 4.78 is 1.57. The van der Waals surface area contributed by atoms with Gasteiger partial charge < -0.3 is 15.9 Å². The van der Waals surface area contributed by atoms with Crippen LogP contribution < -0.4 is 5.73 Å². The summed E-state index contributed by atoms with van der Waals surface area (Å²) in [6, 6.07) is 1.79. The van der Waals surface area contributed by atoms with E-state index in [9.17, 15) is 10.2 Å². The predicted molar refractivity (Wildman–Crippen MR) is 67.7 cm³/mol. The Morgan fingerprint density at radius 3 is 2.50 bits per heavy atom. The Bertz CT molecular complexity index is 575. The lowest BCUT2D eigenvalue weighted by atomic mass is 9.93. The van der Waals surface area contributed by atoms with E-state index in [0.29, 0.717) is 16.6 Å². The molecule has 0 spiro atoms. The summed E-state index contributed by atoms with van der Waals surface area (Å²) in [5, 5.41) is 27.7. The summed E-state index contributed by atoms with van der Waals surface area (Å²) in [6.07, 6.45) is -1.33. The number of aliphatic hydroxyl groups is 2. The Labute approximate surface area is 105 Å². The van der Waals surface area contributed by atoms with Gasteiger partial charge in [0.2, 0.25) is 0 Å². The summed E-state index contributed by atoms with van der Waals surface area (Å²) in [7, 11) is 0. The van der Waals surface area contributed by atoms with Crippen molar-refractivity contribution in [2.75, 3.05) is 0 Å². The number of aliphatic hydroxyl groups excluding tert-OH is 2. The number of aryl methyl sites for hydroxylation is 1. The molecule has 18 heavy (non-hydrogen) atoms. The van der Waals surface area contributed by atoms with E-state index in [-0.39, 0.29) is 6.67 Å². The zero-order chi connectivity index (χ0) is 13.4. The van der Waals surface area contributed by atoms with Crippen molar-refractivity contribution in [3.05, 3.63) is 22.8 Å². The number of rotatable bonds is 3. The Balaban J connectivity index is 2.83. The second kappa shape index (κ2) is 4.64. The molecule has 2 aromatic rings. The first kappa shape index (κ1) is 12.9. The third kappa shape index (κ3) is 1.88. The highest BCUT2D eigenvalue weighted by atomic mass is 16.3. The van der Waals surface area contributed by atoms with Gasteiger partial charge >= 0.3 is 0 Å². The van der Waals surface area contributed by atoms with Crippen molar-refractivity contribution in [1.82, 2.24) is 15.0 Å². The number of hydrogen-bond acceptors (Lipinski definition) is 5. The summed E-state index contributed by atoms with van der Waals surface area (Å²) in [5.41, 5.74) is 9.29. The minimum absolute atomic E-state index is 0.225. The van der Waals surface area contributed by atoms with Gasteiger partial charge in [-0.25, -0.2) is 4.68 Å². The molecule has 1 heterocycles. The zero-order valence-corrected chi connectivity index (χ0v) is 10.8. The van der Waals surface area contributed by atoms with E-state index in [1.54, 1.807) is 24.6 Å². The van der Waals surface area contributed by atoms with Crippen molar-refractivity contribution < 1.29 is 10.2 Å². The van der Waals surface area contributed by atoms with Gasteiger partial charge in [0.05, 0.1) is 24.4 Å². The molecule has 2 unspecified atom stereocenters. The molecule has 1 aromatic carbocycles. The minimum Gasteiger partial charge on any atom is -0.389 e. The van der Waals surface area contributed by atoms with E-state index in [1.165, 1.54) is 0 Å². The molecule has 0 radical (unpaired) electrons. The second-order valence-corrected chi connectivity index (χ2v) is 4.50. The third-order valence-corrected chi connectivity index (χ3v) is 3.18. The van der Waals surface area contributed by atoms with Crippen molar-refractivity contribution in [2.24, 2.45) is 5.73 Å². The fourth-order valence-electron chi connectivity index (χ4n) is 2.33. The van der Waals surface area contributed by atoms with Gasteiger partial charge in [0.25, 0.3) is 0 Å². The van der Waals surface area contributed by atoms with Crippen molar-refractivity contribution >= 4 is 11.0 Å². The molecule has 2 atom stereocenters. The largest absolute Gasteiger partial charge is 0.389 e. The van der Waals surface area contributed by atoms with E-state index in [2.05, 4.69) is 10.3 Å². The molecular formula is C12H18N4O2. The number of fused-ring (bicyclic) bond motifs is 1. The van der Waals surface area contributed by atoms with Gasteiger partial charge in [-0.3, -0.25) is 0 Å². The molecule has 0 saturated carbocycles. The molecule has 2 rings (SSSR count). The molecule has 0 fully saturated rings. The highest BCUT2D eigenvalue weighted by Crippen LogP contribution is 2.32. The molecule has 0 aliphatic rings. The molecule has 6 heteroatoms. The maximum atomic E-state index is 9.87. The standard InChI is InChI=1S/C12H18N4O2/c1-6-11(8(3)18)9(7(2)17)4-10-12(6)14-15-16(10)5-13/h4,7-8,17-18H,5,13H2,1-3H3. The molecule has 0 saturated heterocycles. The molecular weight excluding hydrogens is 232 g/mol. The van der Waals surface area contributed by atoms with Crippen LogP contribution in [0.1, 0.15) is 42.7 Å². The molecule has 0 aliphatic carbocycles. The fraction of sp³-hybridized carbons (Fsp3) is 0.500. The lowest BCUT2D eigenvalue weighted by molar-refractivity contribution is 0.175. The second-order valence-electron chi connectivity index (χ2n) is 4.50. The van der Waals surface area contributed by atoms with Gasteiger partial charge in [0.1, 0.15) is 5.52 Å². The van der Waals surface area contributed by atoms with Crippen LogP contribution in [0.4, 0.5) is 0 Å². The fourth-order valence-corrected chi connectivity index (χ4v) is 2.33. The van der Waals surface area contributed by atoms with Gasteiger partial charge in [0.15, 0.2) is 0 Å². The Morgan fingerprint density at radius 2 is 2.00 bits per heavy atom. The summed E-state index contributed by atoms with van der Waals surface area (Å²) >= 11 is 0. The highest BCUT2D eigenvalue weighted by Gasteiger charge is 2.20. The first-order valence-electron chi connectivity index (χ1n) is 5.90. The lowest BCUT2D eigenvalue weighted by Crippen LogP contribution is -2.10. The monoisotopic (exact) mass is 250 g/mol. The quantitative estimate of drug-likeness (QED) is 0.747. The number of nitrogens with zero attached hydrogens (tertiary/aromatic N) is 3. The van der Waals surface area contributed by atoms with E-state index < -0.39 is 12.2 Å². The van der Waals surface area contributed by atoms with Gasteiger partial charge in [-0.1, -0.05) is 5.21 Å². The predicted octanol–water partition coefficient (Wildman–Crippen LogP) is 0.763. The maximum absolute atomic E-state index is 9.87. The Hall–Kier alpha value is -1.50.